The van der Waals surface area contributed by atoms with Crippen molar-refractivity contribution >= 4 is 17.2 Å². The van der Waals surface area contributed by atoms with Crippen molar-refractivity contribution in [2.24, 2.45) is 0 Å². The molecule has 1 aliphatic heterocycles. The van der Waals surface area contributed by atoms with E-state index in [0.717, 1.165) is 41.4 Å². The maximum atomic E-state index is 12.5. The maximum absolute atomic E-state index is 12.5. The first-order valence-corrected chi connectivity index (χ1v) is 9.52. The first kappa shape index (κ1) is 17.0. The number of hydrogen-bond donors (Lipinski definition) is 0. The third-order valence-electron chi connectivity index (χ3n) is 4.42. The first-order chi connectivity index (χ1) is 11.7. The topological polar surface area (TPSA) is 42.4 Å². The third kappa shape index (κ3) is 3.96. The zero-order chi connectivity index (χ0) is 16.9. The zero-order valence-corrected chi connectivity index (χ0v) is 15.1. The molecule has 0 bridgehead atoms. The molecule has 5 heteroatoms. The van der Waals surface area contributed by atoms with Gasteiger partial charge >= 0.3 is 0 Å². The molecule has 1 aromatic heterocycles. The number of nitrogens with zero attached hydrogens (tertiary/aromatic N) is 2. The highest BCUT2D eigenvalue weighted by molar-refractivity contribution is 7.13. The quantitative estimate of drug-likeness (QED) is 0.818. The lowest BCUT2D eigenvalue weighted by Gasteiger charge is -2.33. The molecule has 2 aromatic rings. The van der Waals surface area contributed by atoms with Crippen LogP contribution in [0, 0.1) is 0 Å². The molecular formula is C19H24N2O2S. The van der Waals surface area contributed by atoms with Gasteiger partial charge in [0.15, 0.2) is 0 Å². The molecule has 24 heavy (non-hydrogen) atoms. The fourth-order valence-corrected chi connectivity index (χ4v) is 3.93. The van der Waals surface area contributed by atoms with Gasteiger partial charge < -0.3 is 9.64 Å². The van der Waals surface area contributed by atoms with Crippen LogP contribution in [0.2, 0.25) is 0 Å². The van der Waals surface area contributed by atoms with E-state index in [1.165, 1.54) is 6.42 Å². The van der Waals surface area contributed by atoms with Crippen molar-refractivity contribution in [3.05, 3.63) is 35.3 Å². The average Bonchev–Trinajstić information content (AvgIpc) is 3.04. The van der Waals surface area contributed by atoms with E-state index < -0.39 is 0 Å². The molecule has 1 aromatic carbocycles. The Labute approximate surface area is 147 Å². The van der Waals surface area contributed by atoms with Crippen molar-refractivity contribution in [1.82, 2.24) is 9.88 Å². The third-order valence-corrected chi connectivity index (χ3v) is 5.36. The molecule has 1 atom stereocenters. The van der Waals surface area contributed by atoms with Gasteiger partial charge in [0.05, 0.1) is 18.7 Å². The Morgan fingerprint density at radius 1 is 1.33 bits per heavy atom. The molecule has 2 heterocycles. The molecule has 0 spiro atoms. The molecule has 1 aliphatic rings. The molecule has 0 saturated carbocycles. The summed E-state index contributed by atoms with van der Waals surface area (Å²) in [6.07, 6.45) is 3.85. The van der Waals surface area contributed by atoms with E-state index in [-0.39, 0.29) is 5.91 Å². The highest BCUT2D eigenvalue weighted by Crippen LogP contribution is 2.26. The Balaban J connectivity index is 1.65. The Morgan fingerprint density at radius 2 is 2.12 bits per heavy atom. The van der Waals surface area contributed by atoms with Gasteiger partial charge in [-0.1, -0.05) is 0 Å². The normalized spacial score (nSPS) is 17.8. The lowest BCUT2D eigenvalue weighted by atomic mass is 10.0. The van der Waals surface area contributed by atoms with E-state index in [2.05, 4.69) is 11.9 Å². The van der Waals surface area contributed by atoms with Crippen LogP contribution in [0.4, 0.5) is 0 Å². The van der Waals surface area contributed by atoms with Crippen LogP contribution in [0.5, 0.6) is 5.75 Å². The van der Waals surface area contributed by atoms with Crippen LogP contribution in [0.25, 0.3) is 10.6 Å². The molecule has 0 N–H and O–H groups in total. The summed E-state index contributed by atoms with van der Waals surface area (Å²) in [7, 11) is 0. The van der Waals surface area contributed by atoms with Crippen LogP contribution < -0.4 is 4.74 Å². The van der Waals surface area contributed by atoms with Crippen molar-refractivity contribution < 1.29 is 9.53 Å². The molecule has 1 fully saturated rings. The molecule has 0 radical (unpaired) electrons. The summed E-state index contributed by atoms with van der Waals surface area (Å²) in [4.78, 5) is 19.2. The van der Waals surface area contributed by atoms with Gasteiger partial charge in [-0.25, -0.2) is 4.98 Å². The van der Waals surface area contributed by atoms with E-state index in [4.69, 9.17) is 4.74 Å². The number of rotatable bonds is 5. The van der Waals surface area contributed by atoms with E-state index in [1.54, 1.807) is 11.3 Å². The summed E-state index contributed by atoms with van der Waals surface area (Å²) >= 11 is 1.59. The zero-order valence-electron chi connectivity index (χ0n) is 14.3. The van der Waals surface area contributed by atoms with Crippen molar-refractivity contribution in [3.63, 3.8) is 0 Å². The van der Waals surface area contributed by atoms with Crippen LogP contribution in [-0.4, -0.2) is 35.0 Å². The lowest BCUT2D eigenvalue weighted by molar-refractivity contribution is -0.133. The Hall–Kier alpha value is -1.88. The molecule has 4 nitrogen and oxygen atoms in total. The summed E-state index contributed by atoms with van der Waals surface area (Å²) in [6.45, 7) is 5.67. The molecule has 1 amide bonds. The van der Waals surface area contributed by atoms with Gasteiger partial charge in [-0.3, -0.25) is 4.79 Å². The van der Waals surface area contributed by atoms with Crippen LogP contribution >= 0.6 is 11.3 Å². The van der Waals surface area contributed by atoms with Gasteiger partial charge in [0, 0.05) is 23.5 Å². The second-order valence-corrected chi connectivity index (χ2v) is 7.07. The van der Waals surface area contributed by atoms with Gasteiger partial charge in [-0.2, -0.15) is 0 Å². The van der Waals surface area contributed by atoms with Gasteiger partial charge in [-0.15, -0.1) is 11.3 Å². The second-order valence-electron chi connectivity index (χ2n) is 6.21. The largest absolute Gasteiger partial charge is 0.494 e. The summed E-state index contributed by atoms with van der Waals surface area (Å²) in [5.41, 5.74) is 1.93. The number of benzene rings is 1. The Kier molecular flexibility index (Phi) is 5.51. The van der Waals surface area contributed by atoms with Crippen LogP contribution in [0.15, 0.2) is 29.6 Å². The molecule has 128 valence electrons. The van der Waals surface area contributed by atoms with Crippen molar-refractivity contribution in [2.75, 3.05) is 13.2 Å². The first-order valence-electron chi connectivity index (χ1n) is 8.64. The molecule has 3 rings (SSSR count). The number of aromatic nitrogens is 1. The summed E-state index contributed by atoms with van der Waals surface area (Å²) in [6, 6.07) is 8.31. The Bertz CT molecular complexity index is 681. The monoisotopic (exact) mass is 344 g/mol. The minimum Gasteiger partial charge on any atom is -0.494 e. The number of hydrogen-bond acceptors (Lipinski definition) is 4. The number of likely N-dealkylation sites (tertiary alicyclic amines) is 1. The van der Waals surface area contributed by atoms with Crippen LogP contribution in [0.3, 0.4) is 0 Å². The highest BCUT2D eigenvalue weighted by Gasteiger charge is 2.23. The van der Waals surface area contributed by atoms with E-state index in [0.29, 0.717) is 19.1 Å². The molecule has 1 saturated heterocycles. The molecular weight excluding hydrogens is 320 g/mol. The summed E-state index contributed by atoms with van der Waals surface area (Å²) in [5, 5.41) is 2.95. The fraction of sp³-hybridized carbons (Fsp3) is 0.474. The number of carbonyl (C=O) groups is 1. The number of carbonyl (C=O) groups excluding carboxylic acids is 1. The number of thiazole rings is 1. The van der Waals surface area contributed by atoms with Crippen molar-refractivity contribution in [3.8, 4) is 16.3 Å². The van der Waals surface area contributed by atoms with E-state index in [1.807, 2.05) is 41.5 Å². The van der Waals surface area contributed by atoms with Gasteiger partial charge in [-0.05, 0) is 57.4 Å². The van der Waals surface area contributed by atoms with Crippen LogP contribution in [-0.2, 0) is 11.2 Å². The molecule has 1 unspecified atom stereocenters. The SMILES string of the molecule is CCOc1ccc(-c2nc(CC(=O)N3CCCCC3C)cs2)cc1. The fourth-order valence-electron chi connectivity index (χ4n) is 3.11. The summed E-state index contributed by atoms with van der Waals surface area (Å²) in [5.74, 6) is 1.07. The minimum atomic E-state index is 0.200. The van der Waals surface area contributed by atoms with Gasteiger partial charge in [0.1, 0.15) is 10.8 Å². The molecule has 0 aliphatic carbocycles. The standard InChI is InChI=1S/C19H24N2O2S/c1-3-23-17-9-7-15(8-10-17)19-20-16(13-24-19)12-18(22)21-11-5-4-6-14(21)2/h7-10,13-14H,3-6,11-12H2,1-2H3. The van der Waals surface area contributed by atoms with E-state index >= 15 is 0 Å². The summed E-state index contributed by atoms with van der Waals surface area (Å²) < 4.78 is 5.46. The lowest BCUT2D eigenvalue weighted by Crippen LogP contribution is -2.42. The van der Waals surface area contributed by atoms with Crippen molar-refractivity contribution in [1.29, 1.82) is 0 Å². The smallest absolute Gasteiger partial charge is 0.228 e. The predicted molar refractivity (Wildman–Crippen MR) is 97.4 cm³/mol. The number of ether oxygens (including phenoxy) is 1. The van der Waals surface area contributed by atoms with E-state index in [9.17, 15) is 4.79 Å². The van der Waals surface area contributed by atoms with Gasteiger partial charge in [0.2, 0.25) is 5.91 Å². The van der Waals surface area contributed by atoms with Crippen LogP contribution in [0.1, 0.15) is 38.8 Å². The number of amides is 1. The second kappa shape index (κ2) is 7.79. The predicted octanol–water partition coefficient (Wildman–Crippen LogP) is 4.15. The maximum Gasteiger partial charge on any atom is 0.228 e. The van der Waals surface area contributed by atoms with Gasteiger partial charge in [0.25, 0.3) is 0 Å². The minimum absolute atomic E-state index is 0.200. The van der Waals surface area contributed by atoms with Crippen molar-refractivity contribution in [2.45, 2.75) is 45.6 Å². The Morgan fingerprint density at radius 3 is 2.83 bits per heavy atom. The average molecular weight is 344 g/mol. The highest BCUT2D eigenvalue weighted by atomic mass is 32.1. The number of piperidine rings is 1.